The van der Waals surface area contributed by atoms with Crippen LogP contribution in [-0.4, -0.2) is 64.8 Å². The van der Waals surface area contributed by atoms with Gasteiger partial charge < -0.3 is 20.5 Å². The number of fused-ring (bicyclic) bond motifs is 1. The third-order valence-corrected chi connectivity index (χ3v) is 7.77. The van der Waals surface area contributed by atoms with E-state index in [-0.39, 0.29) is 17.7 Å². The van der Waals surface area contributed by atoms with E-state index < -0.39 is 17.2 Å². The predicted octanol–water partition coefficient (Wildman–Crippen LogP) is 3.43. The van der Waals surface area contributed by atoms with Crippen molar-refractivity contribution in [3.63, 3.8) is 0 Å². The SMILES string of the molecule is Cc1nc2c(F)cc(C3(C)NC(=NC4C=CC(CN5CCNC(C)(C)C5)CN4)NC=C3F)cc2n1C(C)C. The zero-order valence-electron chi connectivity index (χ0n) is 23.2. The lowest BCUT2D eigenvalue weighted by Gasteiger charge is -2.40. The highest BCUT2D eigenvalue weighted by Gasteiger charge is 2.37. The van der Waals surface area contributed by atoms with Gasteiger partial charge in [0.05, 0.1) is 5.52 Å². The maximum absolute atomic E-state index is 15.3. The van der Waals surface area contributed by atoms with E-state index in [4.69, 9.17) is 4.99 Å². The van der Waals surface area contributed by atoms with Gasteiger partial charge >= 0.3 is 0 Å². The molecule has 0 radical (unpaired) electrons. The van der Waals surface area contributed by atoms with Crippen LogP contribution in [0.3, 0.4) is 0 Å². The van der Waals surface area contributed by atoms with E-state index in [1.54, 1.807) is 6.92 Å². The summed E-state index contributed by atoms with van der Waals surface area (Å²) >= 11 is 0. The standard InChI is InChI=1S/C28H40F2N8/c1-17(2)38-18(3)34-25-21(29)11-20(12-22(25)38)28(6)23(30)14-32-26(36-28)35-24-8-7-19(13-31-24)15-37-10-9-33-27(4,5)16-37/h7-8,11-12,14,17,19,24,31,33H,9-10,13,15-16H2,1-6H3,(H2,32,35,36). The fraction of sp³-hybridized carbons (Fsp3) is 0.571. The van der Waals surface area contributed by atoms with Crippen molar-refractivity contribution in [1.82, 2.24) is 35.7 Å². The maximum atomic E-state index is 15.3. The topological polar surface area (TPSA) is 81.5 Å². The minimum Gasteiger partial charge on any atom is -0.340 e. The second-order valence-electron chi connectivity index (χ2n) is 11.9. The van der Waals surface area contributed by atoms with E-state index in [0.717, 1.165) is 38.5 Å². The van der Waals surface area contributed by atoms with Crippen molar-refractivity contribution < 1.29 is 8.78 Å². The molecule has 0 amide bonds. The normalized spacial score (nSPS) is 29.0. The average Bonchev–Trinajstić information content (AvgIpc) is 3.19. The van der Waals surface area contributed by atoms with Crippen LogP contribution in [0.5, 0.6) is 0 Å². The minimum absolute atomic E-state index is 0.0898. The van der Waals surface area contributed by atoms with Crippen LogP contribution < -0.4 is 21.3 Å². The summed E-state index contributed by atoms with van der Waals surface area (Å²) in [5, 5.41) is 13.1. The van der Waals surface area contributed by atoms with Crippen LogP contribution >= 0.6 is 0 Å². The lowest BCUT2D eigenvalue weighted by Crippen LogP contribution is -2.58. The number of rotatable bonds is 5. The van der Waals surface area contributed by atoms with Crippen molar-refractivity contribution in [3.05, 3.63) is 53.5 Å². The van der Waals surface area contributed by atoms with Gasteiger partial charge in [0, 0.05) is 56.4 Å². The zero-order valence-corrected chi connectivity index (χ0v) is 23.2. The summed E-state index contributed by atoms with van der Waals surface area (Å²) in [4.78, 5) is 11.7. The van der Waals surface area contributed by atoms with Gasteiger partial charge in [0.2, 0.25) is 0 Å². The quantitative estimate of drug-likeness (QED) is 0.447. The molecule has 3 aliphatic rings. The molecule has 4 N–H and O–H groups in total. The lowest BCUT2D eigenvalue weighted by atomic mass is 9.89. The highest BCUT2D eigenvalue weighted by Crippen LogP contribution is 2.35. The molecule has 10 heteroatoms. The maximum Gasteiger partial charge on any atom is 0.198 e. The van der Waals surface area contributed by atoms with Crippen LogP contribution in [0, 0.1) is 18.7 Å². The molecule has 1 aromatic heterocycles. The number of aliphatic imine (C=N–C) groups is 1. The monoisotopic (exact) mass is 526 g/mol. The Hall–Kier alpha value is -2.82. The summed E-state index contributed by atoms with van der Waals surface area (Å²) in [5.41, 5.74) is 0.267. The van der Waals surface area contributed by atoms with Gasteiger partial charge in [-0.2, -0.15) is 0 Å². The molecule has 0 saturated carbocycles. The van der Waals surface area contributed by atoms with E-state index >= 15 is 8.78 Å². The number of hydrogen-bond acceptors (Lipinski definition) is 5. The Labute approximate surface area is 223 Å². The smallest absolute Gasteiger partial charge is 0.198 e. The number of benzene rings is 1. The van der Waals surface area contributed by atoms with Gasteiger partial charge in [-0.1, -0.05) is 6.08 Å². The predicted molar refractivity (Wildman–Crippen MR) is 148 cm³/mol. The highest BCUT2D eigenvalue weighted by molar-refractivity contribution is 5.85. The fourth-order valence-electron chi connectivity index (χ4n) is 5.86. The Morgan fingerprint density at radius 3 is 2.66 bits per heavy atom. The van der Waals surface area contributed by atoms with E-state index in [9.17, 15) is 0 Å². The summed E-state index contributed by atoms with van der Waals surface area (Å²) in [5.74, 6) is 0.630. The molecule has 1 saturated heterocycles. The molecule has 2 aromatic rings. The number of halogens is 2. The van der Waals surface area contributed by atoms with Gasteiger partial charge in [0.1, 0.15) is 28.9 Å². The minimum atomic E-state index is -1.28. The van der Waals surface area contributed by atoms with Crippen LogP contribution in [0.15, 0.2) is 41.3 Å². The molecular formula is C28H40F2N8. The molecule has 0 aliphatic carbocycles. The number of hydrogen-bond donors (Lipinski definition) is 4. The van der Waals surface area contributed by atoms with E-state index in [1.807, 2.05) is 31.4 Å². The molecule has 4 heterocycles. The number of aromatic nitrogens is 2. The first-order valence-electron chi connectivity index (χ1n) is 13.5. The molecule has 0 bridgehead atoms. The van der Waals surface area contributed by atoms with Gasteiger partial charge in [0.25, 0.3) is 0 Å². The molecule has 1 fully saturated rings. The van der Waals surface area contributed by atoms with Gasteiger partial charge in [-0.15, -0.1) is 0 Å². The van der Waals surface area contributed by atoms with Gasteiger partial charge in [-0.3, -0.25) is 10.2 Å². The molecule has 3 aliphatic heterocycles. The Balaban J connectivity index is 1.33. The van der Waals surface area contributed by atoms with Crippen LogP contribution in [-0.2, 0) is 5.54 Å². The highest BCUT2D eigenvalue weighted by atomic mass is 19.1. The van der Waals surface area contributed by atoms with Gasteiger partial charge in [0.15, 0.2) is 11.8 Å². The molecule has 5 rings (SSSR count). The third kappa shape index (κ3) is 5.21. The van der Waals surface area contributed by atoms with Crippen molar-refractivity contribution in [3.8, 4) is 0 Å². The molecule has 38 heavy (non-hydrogen) atoms. The number of nitrogens with one attached hydrogen (secondary N) is 4. The summed E-state index contributed by atoms with van der Waals surface area (Å²) in [6.07, 6.45) is 5.32. The molecule has 3 unspecified atom stereocenters. The number of aryl methyl sites for hydroxylation is 1. The van der Waals surface area contributed by atoms with Crippen LogP contribution in [0.4, 0.5) is 8.78 Å². The first-order chi connectivity index (χ1) is 17.9. The first kappa shape index (κ1) is 26.8. The summed E-state index contributed by atoms with van der Waals surface area (Å²) in [7, 11) is 0. The van der Waals surface area contributed by atoms with Crippen molar-refractivity contribution >= 4 is 17.0 Å². The number of piperazine rings is 1. The first-order valence-corrected chi connectivity index (χ1v) is 13.5. The van der Waals surface area contributed by atoms with E-state index in [2.05, 4.69) is 57.2 Å². The number of imidazole rings is 1. The lowest BCUT2D eigenvalue weighted by molar-refractivity contribution is 0.141. The Kier molecular flexibility index (Phi) is 7.08. The molecule has 1 aromatic carbocycles. The van der Waals surface area contributed by atoms with Crippen molar-refractivity contribution in [2.24, 2.45) is 10.9 Å². The summed E-state index contributed by atoms with van der Waals surface area (Å²) in [6, 6.07) is 3.28. The second-order valence-corrected chi connectivity index (χ2v) is 11.9. The summed E-state index contributed by atoms with van der Waals surface area (Å²) in [6.45, 7) is 17.0. The molecule has 0 spiro atoms. The number of guanidine groups is 1. The Morgan fingerprint density at radius 2 is 1.97 bits per heavy atom. The Morgan fingerprint density at radius 1 is 1.18 bits per heavy atom. The van der Waals surface area contributed by atoms with Crippen LogP contribution in [0.1, 0.15) is 52.0 Å². The van der Waals surface area contributed by atoms with Gasteiger partial charge in [-0.25, -0.2) is 18.8 Å². The molecular weight excluding hydrogens is 486 g/mol. The fourth-order valence-corrected chi connectivity index (χ4v) is 5.86. The summed E-state index contributed by atoms with van der Waals surface area (Å²) < 4.78 is 32.4. The number of nitrogens with zero attached hydrogens (tertiary/aromatic N) is 4. The van der Waals surface area contributed by atoms with Crippen molar-refractivity contribution in [2.45, 2.75) is 64.8 Å². The zero-order chi connectivity index (χ0) is 27.2. The van der Waals surface area contributed by atoms with Crippen molar-refractivity contribution in [1.29, 1.82) is 0 Å². The molecule has 206 valence electrons. The van der Waals surface area contributed by atoms with E-state index in [1.165, 1.54) is 12.3 Å². The van der Waals surface area contributed by atoms with Crippen molar-refractivity contribution in [2.75, 3.05) is 32.7 Å². The largest absolute Gasteiger partial charge is 0.340 e. The van der Waals surface area contributed by atoms with E-state index in [0.29, 0.717) is 28.5 Å². The Bertz CT molecular complexity index is 1290. The molecule has 3 atom stereocenters. The van der Waals surface area contributed by atoms with Crippen LogP contribution in [0.25, 0.3) is 11.0 Å². The molecule has 8 nitrogen and oxygen atoms in total. The van der Waals surface area contributed by atoms with Gasteiger partial charge in [-0.05, 0) is 65.3 Å². The third-order valence-electron chi connectivity index (χ3n) is 7.77. The average molecular weight is 527 g/mol. The van der Waals surface area contributed by atoms with Crippen LogP contribution in [0.2, 0.25) is 0 Å². The second kappa shape index (κ2) is 10.1.